The Balaban J connectivity index is 2.33. The van der Waals surface area contributed by atoms with Crippen LogP contribution in [-0.2, 0) is 9.59 Å². The van der Waals surface area contributed by atoms with E-state index in [1.165, 1.54) is 39.3 Å². The number of carbonyl (C=O) groups excluding carboxylic acids is 2. The van der Waals surface area contributed by atoms with E-state index in [2.05, 4.69) is 15.5 Å². The highest BCUT2D eigenvalue weighted by molar-refractivity contribution is 6.32. The molecule has 1 amide bonds. The lowest BCUT2D eigenvalue weighted by Gasteiger charge is -2.15. The minimum absolute atomic E-state index is 0.257. The van der Waals surface area contributed by atoms with E-state index in [0.717, 1.165) is 0 Å². The number of amides is 1. The number of nitrogens with one attached hydrogen (secondary N) is 1. The van der Waals surface area contributed by atoms with Crippen molar-refractivity contribution in [2.24, 2.45) is 10.2 Å². The average molecular weight is 498 g/mol. The molecule has 0 aliphatic heterocycles. The molecule has 0 aromatic heterocycles. The molecule has 1 N–H and O–H groups in total. The van der Waals surface area contributed by atoms with E-state index in [4.69, 9.17) is 42.1 Å². The van der Waals surface area contributed by atoms with Crippen molar-refractivity contribution in [2.45, 2.75) is 26.8 Å². The van der Waals surface area contributed by atoms with Crippen LogP contribution in [0.1, 0.15) is 20.8 Å². The summed E-state index contributed by atoms with van der Waals surface area (Å²) in [5.41, 5.74) is 0.546. The van der Waals surface area contributed by atoms with Crippen LogP contribution in [0.5, 0.6) is 23.0 Å². The lowest BCUT2D eigenvalue weighted by atomic mass is 10.2. The molecule has 1 atom stereocenters. The first-order valence-corrected chi connectivity index (χ1v) is 10.7. The first kappa shape index (κ1) is 26.2. The number of halogens is 2. The minimum Gasteiger partial charge on any atom is -0.495 e. The number of hydrogen-bond acceptors (Lipinski definition) is 8. The van der Waals surface area contributed by atoms with Crippen LogP contribution in [0.3, 0.4) is 0 Å². The quantitative estimate of drug-likeness (QED) is 0.324. The van der Waals surface area contributed by atoms with Gasteiger partial charge in [0.05, 0.1) is 48.9 Å². The molecule has 0 saturated carbocycles. The molecule has 1 unspecified atom stereocenters. The molecule has 0 saturated heterocycles. The maximum absolute atomic E-state index is 12.8. The van der Waals surface area contributed by atoms with Crippen molar-refractivity contribution in [3.05, 3.63) is 34.3 Å². The van der Waals surface area contributed by atoms with Gasteiger partial charge >= 0.3 is 0 Å². The fraction of sp³-hybridized carbons (Fsp3) is 0.364. The highest BCUT2D eigenvalue weighted by Gasteiger charge is 2.25. The minimum atomic E-state index is -1.42. The third-order valence-electron chi connectivity index (χ3n) is 4.24. The number of azo groups is 1. The summed E-state index contributed by atoms with van der Waals surface area (Å²) in [5, 5.41) is 11.1. The van der Waals surface area contributed by atoms with Gasteiger partial charge in [-0.2, -0.15) is 10.2 Å². The molecule has 2 aromatic rings. The van der Waals surface area contributed by atoms with Gasteiger partial charge < -0.3 is 24.3 Å². The number of Topliss-reactive ketones (excluding diaryl/α,β-unsaturated/α-hetero) is 1. The number of anilines is 1. The predicted octanol–water partition coefficient (Wildman–Crippen LogP) is 5.49. The van der Waals surface area contributed by atoms with Crippen LogP contribution in [-0.4, -0.2) is 45.2 Å². The maximum atomic E-state index is 12.8. The Morgan fingerprint density at radius 3 is 2.18 bits per heavy atom. The SMILES string of the molecule is CCOc1cc(N=NC(C(C)=O)C(=O)Nc2cc(OC)c(Cl)cc2OC)cc(Cl)c1OCC. The fourth-order valence-corrected chi connectivity index (χ4v) is 3.25. The molecule has 0 radical (unpaired) electrons. The summed E-state index contributed by atoms with van der Waals surface area (Å²) >= 11 is 12.4. The highest BCUT2D eigenvalue weighted by atomic mass is 35.5. The van der Waals surface area contributed by atoms with E-state index < -0.39 is 17.7 Å². The molecule has 0 heterocycles. The lowest BCUT2D eigenvalue weighted by molar-refractivity contribution is -0.126. The number of carbonyl (C=O) groups is 2. The van der Waals surface area contributed by atoms with E-state index in [1.54, 1.807) is 6.07 Å². The maximum Gasteiger partial charge on any atom is 0.258 e. The van der Waals surface area contributed by atoms with Gasteiger partial charge in [0.25, 0.3) is 5.91 Å². The summed E-state index contributed by atoms with van der Waals surface area (Å²) < 4.78 is 21.5. The fourth-order valence-electron chi connectivity index (χ4n) is 2.76. The van der Waals surface area contributed by atoms with Crippen LogP contribution in [0.15, 0.2) is 34.5 Å². The first-order chi connectivity index (χ1) is 15.7. The average Bonchev–Trinajstić information content (AvgIpc) is 2.77. The van der Waals surface area contributed by atoms with Crippen molar-refractivity contribution in [1.82, 2.24) is 0 Å². The van der Waals surface area contributed by atoms with Crippen molar-refractivity contribution in [3.63, 3.8) is 0 Å². The highest BCUT2D eigenvalue weighted by Crippen LogP contribution is 2.40. The second-order valence-electron chi connectivity index (χ2n) is 6.53. The molecule has 0 aliphatic carbocycles. The molecule has 11 heteroatoms. The Hall–Kier alpha value is -3.04. The van der Waals surface area contributed by atoms with Gasteiger partial charge in [0.1, 0.15) is 11.5 Å². The van der Waals surface area contributed by atoms with E-state index in [0.29, 0.717) is 35.5 Å². The third kappa shape index (κ3) is 6.72. The second kappa shape index (κ2) is 12.3. The van der Waals surface area contributed by atoms with Crippen molar-refractivity contribution in [2.75, 3.05) is 32.8 Å². The van der Waals surface area contributed by atoms with Gasteiger partial charge in [-0.05, 0) is 26.8 Å². The Kier molecular flexibility index (Phi) is 9.74. The monoisotopic (exact) mass is 497 g/mol. The van der Waals surface area contributed by atoms with Crippen LogP contribution in [0, 0.1) is 0 Å². The number of ketones is 1. The summed E-state index contributed by atoms with van der Waals surface area (Å²) in [6.07, 6.45) is 0. The Labute approximate surface area is 202 Å². The van der Waals surface area contributed by atoms with Gasteiger partial charge in [0.15, 0.2) is 17.3 Å². The van der Waals surface area contributed by atoms with Gasteiger partial charge in [-0.15, -0.1) is 0 Å². The molecule has 178 valence electrons. The predicted molar refractivity (Wildman–Crippen MR) is 126 cm³/mol. The Bertz CT molecular complexity index is 1050. The van der Waals surface area contributed by atoms with Crippen LogP contribution in [0.25, 0.3) is 0 Å². The van der Waals surface area contributed by atoms with Crippen molar-refractivity contribution in [1.29, 1.82) is 0 Å². The van der Waals surface area contributed by atoms with Crippen LogP contribution in [0.2, 0.25) is 10.0 Å². The van der Waals surface area contributed by atoms with E-state index in [-0.39, 0.29) is 22.1 Å². The van der Waals surface area contributed by atoms with Gasteiger partial charge in [-0.3, -0.25) is 9.59 Å². The zero-order valence-electron chi connectivity index (χ0n) is 18.9. The zero-order valence-corrected chi connectivity index (χ0v) is 20.4. The number of rotatable bonds is 11. The largest absolute Gasteiger partial charge is 0.495 e. The third-order valence-corrected chi connectivity index (χ3v) is 4.81. The molecular formula is C22H25Cl2N3O6. The number of benzene rings is 2. The lowest BCUT2D eigenvalue weighted by Crippen LogP contribution is -2.32. The van der Waals surface area contributed by atoms with E-state index in [1.807, 2.05) is 13.8 Å². The molecule has 9 nitrogen and oxygen atoms in total. The zero-order chi connectivity index (χ0) is 24.5. The standard InChI is InChI=1S/C22H25Cl2N3O6/c1-6-32-19-9-13(8-15(24)21(19)33-7-2)26-27-20(12(3)28)22(29)25-16-11-17(30-4)14(23)10-18(16)31-5/h8-11,20H,6-7H2,1-5H3,(H,25,29). The van der Waals surface area contributed by atoms with E-state index >= 15 is 0 Å². The number of hydrogen-bond donors (Lipinski definition) is 1. The number of nitrogens with zero attached hydrogens (tertiary/aromatic N) is 2. The van der Waals surface area contributed by atoms with Crippen LogP contribution >= 0.6 is 23.2 Å². The van der Waals surface area contributed by atoms with Crippen LogP contribution in [0.4, 0.5) is 11.4 Å². The van der Waals surface area contributed by atoms with Crippen molar-refractivity contribution >= 4 is 46.3 Å². The van der Waals surface area contributed by atoms with Gasteiger partial charge in [0, 0.05) is 18.2 Å². The van der Waals surface area contributed by atoms with Crippen LogP contribution < -0.4 is 24.3 Å². The summed E-state index contributed by atoms with van der Waals surface area (Å²) in [5.74, 6) is 0.135. The summed E-state index contributed by atoms with van der Waals surface area (Å²) in [7, 11) is 2.85. The number of methoxy groups -OCH3 is 2. The molecule has 0 spiro atoms. The molecule has 0 fully saturated rings. The van der Waals surface area contributed by atoms with Gasteiger partial charge in [-0.25, -0.2) is 0 Å². The molecule has 0 aliphatic rings. The van der Waals surface area contributed by atoms with Crippen molar-refractivity contribution < 1.29 is 28.5 Å². The van der Waals surface area contributed by atoms with Crippen molar-refractivity contribution in [3.8, 4) is 23.0 Å². The first-order valence-electron chi connectivity index (χ1n) is 9.98. The Morgan fingerprint density at radius 2 is 1.61 bits per heavy atom. The molecule has 2 aromatic carbocycles. The topological polar surface area (TPSA) is 108 Å². The summed E-state index contributed by atoms with van der Waals surface area (Å²) in [6, 6.07) is 4.61. The van der Waals surface area contributed by atoms with Gasteiger partial charge in [-0.1, -0.05) is 23.2 Å². The number of ether oxygens (including phenoxy) is 4. The molecule has 2 rings (SSSR count). The molecule has 33 heavy (non-hydrogen) atoms. The van der Waals surface area contributed by atoms with E-state index in [9.17, 15) is 9.59 Å². The molecular weight excluding hydrogens is 473 g/mol. The molecule has 0 bridgehead atoms. The second-order valence-corrected chi connectivity index (χ2v) is 7.34. The smallest absolute Gasteiger partial charge is 0.258 e. The summed E-state index contributed by atoms with van der Waals surface area (Å²) in [6.45, 7) is 5.64. The van der Waals surface area contributed by atoms with Gasteiger partial charge in [0.2, 0.25) is 6.04 Å². The normalized spacial score (nSPS) is 11.7. The Morgan fingerprint density at radius 1 is 0.939 bits per heavy atom. The summed E-state index contributed by atoms with van der Waals surface area (Å²) in [4.78, 5) is 25.0.